The van der Waals surface area contributed by atoms with Crippen molar-refractivity contribution in [1.29, 1.82) is 0 Å². The molecule has 5 nitrogen and oxygen atoms in total. The van der Waals surface area contributed by atoms with Gasteiger partial charge >= 0.3 is 0 Å². The van der Waals surface area contributed by atoms with Crippen molar-refractivity contribution in [1.82, 2.24) is 10.1 Å². The van der Waals surface area contributed by atoms with E-state index in [0.717, 1.165) is 0 Å². The molecule has 2 aromatic heterocycles. The van der Waals surface area contributed by atoms with E-state index in [-0.39, 0.29) is 0 Å². The van der Waals surface area contributed by atoms with Gasteiger partial charge in [-0.1, -0.05) is 12.1 Å². The molecule has 2 N–H and O–H groups in total. The van der Waals surface area contributed by atoms with Crippen LogP contribution in [0.5, 0.6) is 0 Å². The number of thioether (sulfide) groups is 1. The molecule has 2 heterocycles. The van der Waals surface area contributed by atoms with Gasteiger partial charge < -0.3 is 14.7 Å². The highest BCUT2D eigenvalue weighted by atomic mass is 32.2. The first-order valence-corrected chi connectivity index (χ1v) is 6.02. The lowest BCUT2D eigenvalue weighted by molar-refractivity contribution is 0.390. The molecule has 1 atom stereocenters. The summed E-state index contributed by atoms with van der Waals surface area (Å²) in [5.41, 5.74) is 5.52. The normalized spacial score (nSPS) is 12.9. The number of hydrogen-bond acceptors (Lipinski definition) is 6. The lowest BCUT2D eigenvalue weighted by Crippen LogP contribution is -2.12. The molecule has 1 unspecified atom stereocenters. The van der Waals surface area contributed by atoms with Crippen LogP contribution in [0.4, 0.5) is 0 Å². The zero-order chi connectivity index (χ0) is 11.4. The van der Waals surface area contributed by atoms with Gasteiger partial charge in [-0.15, -0.1) is 11.8 Å². The number of nitrogens with two attached hydrogens (primary N) is 1. The van der Waals surface area contributed by atoms with Crippen molar-refractivity contribution < 1.29 is 8.94 Å². The molecule has 0 radical (unpaired) electrons. The lowest BCUT2D eigenvalue weighted by atomic mass is 10.4. The number of aromatic nitrogens is 2. The Labute approximate surface area is 97.4 Å². The minimum absolute atomic E-state index is 0.388. The molecule has 2 rings (SSSR count). The van der Waals surface area contributed by atoms with E-state index >= 15 is 0 Å². The average Bonchev–Trinajstić information content (AvgIpc) is 2.95. The van der Waals surface area contributed by atoms with Gasteiger partial charge in [0.25, 0.3) is 0 Å². The van der Waals surface area contributed by atoms with E-state index in [4.69, 9.17) is 14.7 Å². The van der Waals surface area contributed by atoms with Crippen LogP contribution in [0.25, 0.3) is 11.6 Å². The van der Waals surface area contributed by atoms with Gasteiger partial charge in [0.05, 0.1) is 12.0 Å². The Balaban J connectivity index is 1.98. The van der Waals surface area contributed by atoms with E-state index in [2.05, 4.69) is 17.1 Å². The minimum atomic E-state index is 0.388. The summed E-state index contributed by atoms with van der Waals surface area (Å²) in [5, 5.41) is 4.23. The summed E-state index contributed by atoms with van der Waals surface area (Å²) in [6.07, 6.45) is 1.58. The van der Waals surface area contributed by atoms with Crippen LogP contribution < -0.4 is 5.73 Å². The zero-order valence-corrected chi connectivity index (χ0v) is 9.74. The van der Waals surface area contributed by atoms with Crippen molar-refractivity contribution in [3.63, 3.8) is 0 Å². The molecule has 0 aliphatic heterocycles. The summed E-state index contributed by atoms with van der Waals surface area (Å²) in [6, 6.07) is 3.58. The van der Waals surface area contributed by atoms with Crippen LogP contribution >= 0.6 is 11.8 Å². The summed E-state index contributed by atoms with van der Waals surface area (Å²) < 4.78 is 10.3. The largest absolute Gasteiger partial charge is 0.461 e. The van der Waals surface area contributed by atoms with Gasteiger partial charge in [-0.05, 0) is 12.1 Å². The van der Waals surface area contributed by atoms with Crippen molar-refractivity contribution in [3.8, 4) is 11.6 Å². The van der Waals surface area contributed by atoms with Crippen LogP contribution in [0.15, 0.2) is 27.3 Å². The third kappa shape index (κ3) is 2.65. The van der Waals surface area contributed by atoms with Crippen LogP contribution in [-0.4, -0.2) is 21.9 Å². The fourth-order valence-corrected chi connectivity index (χ4v) is 1.78. The maximum atomic E-state index is 5.52. The first-order chi connectivity index (χ1) is 7.79. The number of rotatable bonds is 5. The van der Waals surface area contributed by atoms with Crippen molar-refractivity contribution in [2.24, 2.45) is 5.73 Å². The van der Waals surface area contributed by atoms with Gasteiger partial charge in [0, 0.05) is 11.8 Å². The first-order valence-electron chi connectivity index (χ1n) is 4.97. The Kier molecular flexibility index (Phi) is 3.63. The Hall–Kier alpha value is -1.27. The highest BCUT2D eigenvalue weighted by Gasteiger charge is 2.11. The highest BCUT2D eigenvalue weighted by molar-refractivity contribution is 7.99. The van der Waals surface area contributed by atoms with Crippen LogP contribution in [0.1, 0.15) is 12.8 Å². The number of nitrogens with zero attached hydrogens (tertiary/aromatic N) is 2. The van der Waals surface area contributed by atoms with E-state index in [1.165, 1.54) is 0 Å². The summed E-state index contributed by atoms with van der Waals surface area (Å²) in [5.74, 6) is 2.37. The van der Waals surface area contributed by atoms with Crippen LogP contribution in [-0.2, 0) is 5.75 Å². The Bertz CT molecular complexity index is 427. The van der Waals surface area contributed by atoms with Crippen molar-refractivity contribution in [3.05, 3.63) is 24.3 Å². The molecule has 0 spiro atoms. The molecule has 6 heteroatoms. The van der Waals surface area contributed by atoms with Crippen molar-refractivity contribution in [2.45, 2.75) is 17.9 Å². The van der Waals surface area contributed by atoms with Gasteiger partial charge in [-0.3, -0.25) is 0 Å². The summed E-state index contributed by atoms with van der Waals surface area (Å²) in [6.45, 7) is 2.71. The molecule has 0 aromatic carbocycles. The standard InChI is InChI=1S/C10H13N3O2S/c1-7(5-11)16-6-9-12-10(13-15-9)8-3-2-4-14-8/h2-4,7H,5-6,11H2,1H3. The van der Waals surface area contributed by atoms with Crippen molar-refractivity contribution in [2.75, 3.05) is 6.54 Å². The van der Waals surface area contributed by atoms with E-state index in [0.29, 0.717) is 35.0 Å². The highest BCUT2D eigenvalue weighted by Crippen LogP contribution is 2.19. The predicted molar refractivity (Wildman–Crippen MR) is 61.8 cm³/mol. The Morgan fingerprint density at radius 2 is 2.44 bits per heavy atom. The minimum Gasteiger partial charge on any atom is -0.461 e. The second-order valence-electron chi connectivity index (χ2n) is 3.35. The fraction of sp³-hybridized carbons (Fsp3) is 0.400. The SMILES string of the molecule is CC(CN)SCc1nc(-c2ccco2)no1. The Morgan fingerprint density at radius 1 is 1.56 bits per heavy atom. The lowest BCUT2D eigenvalue weighted by Gasteiger charge is -2.03. The molecule has 0 aliphatic rings. The molecule has 0 aliphatic carbocycles. The fourth-order valence-electron chi connectivity index (χ4n) is 1.10. The van der Waals surface area contributed by atoms with Crippen molar-refractivity contribution >= 4 is 11.8 Å². The van der Waals surface area contributed by atoms with E-state index < -0.39 is 0 Å². The molecule has 0 saturated heterocycles. The topological polar surface area (TPSA) is 78.1 Å². The van der Waals surface area contributed by atoms with Gasteiger partial charge in [0.15, 0.2) is 5.76 Å². The quantitative estimate of drug-likeness (QED) is 0.858. The monoisotopic (exact) mass is 239 g/mol. The Morgan fingerprint density at radius 3 is 3.12 bits per heavy atom. The molecule has 86 valence electrons. The maximum absolute atomic E-state index is 5.52. The molecule has 2 aromatic rings. The van der Waals surface area contributed by atoms with Crippen LogP contribution in [0.2, 0.25) is 0 Å². The molecule has 0 saturated carbocycles. The third-order valence-corrected chi connectivity index (χ3v) is 3.21. The summed E-state index contributed by atoms with van der Waals surface area (Å²) in [7, 11) is 0. The van der Waals surface area contributed by atoms with Crippen LogP contribution in [0, 0.1) is 0 Å². The first kappa shape index (κ1) is 11.2. The summed E-state index contributed by atoms with van der Waals surface area (Å²) >= 11 is 1.69. The second-order valence-corrected chi connectivity index (χ2v) is 4.77. The summed E-state index contributed by atoms with van der Waals surface area (Å²) in [4.78, 5) is 4.23. The predicted octanol–water partition coefficient (Wildman–Crippen LogP) is 1.91. The molecular weight excluding hydrogens is 226 g/mol. The van der Waals surface area contributed by atoms with Crippen LogP contribution in [0.3, 0.4) is 0 Å². The van der Waals surface area contributed by atoms with E-state index in [1.54, 1.807) is 30.2 Å². The zero-order valence-electron chi connectivity index (χ0n) is 8.92. The smallest absolute Gasteiger partial charge is 0.238 e. The second kappa shape index (κ2) is 5.18. The van der Waals surface area contributed by atoms with Gasteiger partial charge in [-0.2, -0.15) is 4.98 Å². The molecule has 0 fully saturated rings. The molecule has 16 heavy (non-hydrogen) atoms. The van der Waals surface area contributed by atoms with Gasteiger partial charge in [0.1, 0.15) is 0 Å². The third-order valence-electron chi connectivity index (χ3n) is 2.03. The van der Waals surface area contributed by atoms with E-state index in [1.807, 2.05) is 0 Å². The number of hydrogen-bond donors (Lipinski definition) is 1. The molecule has 0 bridgehead atoms. The average molecular weight is 239 g/mol. The van der Waals surface area contributed by atoms with Gasteiger partial charge in [0.2, 0.25) is 11.7 Å². The molecular formula is C10H13N3O2S. The van der Waals surface area contributed by atoms with Gasteiger partial charge in [-0.25, -0.2) is 0 Å². The maximum Gasteiger partial charge on any atom is 0.238 e. The number of furan rings is 1. The molecule has 0 amide bonds. The van der Waals surface area contributed by atoms with E-state index in [9.17, 15) is 0 Å².